The van der Waals surface area contributed by atoms with Crippen LogP contribution in [-0.4, -0.2) is 26.7 Å². The second-order valence-corrected chi connectivity index (χ2v) is 5.84. The maximum Gasteiger partial charge on any atom is 0.316 e. The van der Waals surface area contributed by atoms with Gasteiger partial charge in [0, 0.05) is 9.37 Å². The summed E-state index contributed by atoms with van der Waals surface area (Å²) in [4.78, 5) is 23.9. The number of carbonyl (C=O) groups is 1. The van der Waals surface area contributed by atoms with Gasteiger partial charge in [0.05, 0.1) is 5.75 Å². The summed E-state index contributed by atoms with van der Waals surface area (Å²) >= 11 is 4.73. The van der Waals surface area contributed by atoms with E-state index >= 15 is 0 Å². The Morgan fingerprint density at radius 1 is 1.14 bits per heavy atom. The summed E-state index contributed by atoms with van der Waals surface area (Å²) in [5, 5.41) is 0. The van der Waals surface area contributed by atoms with Crippen molar-refractivity contribution >= 4 is 45.6 Å². The number of esters is 1. The lowest BCUT2D eigenvalue weighted by molar-refractivity contribution is -0.141. The summed E-state index contributed by atoms with van der Waals surface area (Å²) in [7, 11) is 0. The molecule has 0 aliphatic carbocycles. The van der Waals surface area contributed by atoms with Crippen molar-refractivity contribution in [3.05, 3.63) is 34.6 Å². The van der Waals surface area contributed by atoms with E-state index in [1.54, 1.807) is 0 Å². The van der Waals surface area contributed by atoms with Gasteiger partial charge in [-0.1, -0.05) is 15.9 Å². The molecule has 0 aliphatic rings. The number of nitrogens with zero attached hydrogens (tertiary/aromatic N) is 3. The number of halogens is 1. The maximum atomic E-state index is 11.6. The van der Waals surface area contributed by atoms with E-state index in [0.717, 1.165) is 9.37 Å². The molecule has 2 aromatic rings. The fourth-order valence-corrected chi connectivity index (χ4v) is 2.34. The zero-order valence-electron chi connectivity index (χ0n) is 10.8. The highest BCUT2D eigenvalue weighted by Crippen LogP contribution is 2.20. The highest BCUT2D eigenvalue weighted by Gasteiger charge is 2.08. The molecule has 0 radical (unpaired) electrons. The molecule has 0 spiro atoms. The van der Waals surface area contributed by atoms with Gasteiger partial charge in [-0.25, -0.2) is 0 Å². The average Bonchev–Trinajstić information content (AvgIpc) is 2.43. The second kappa shape index (κ2) is 7.23. The van der Waals surface area contributed by atoms with Crippen molar-refractivity contribution in [3.63, 3.8) is 0 Å². The molecule has 1 heterocycles. The fraction of sp³-hybridized carbons (Fsp3) is 0.167. The van der Waals surface area contributed by atoms with Crippen molar-refractivity contribution in [2.24, 2.45) is 0 Å². The Balaban J connectivity index is 1.80. The minimum atomic E-state index is -0.375. The largest absolute Gasteiger partial charge is 0.457 e. The number of anilines is 2. The molecule has 110 valence electrons. The summed E-state index contributed by atoms with van der Waals surface area (Å²) < 4.78 is 6.04. The molecule has 0 saturated carbocycles. The van der Waals surface area contributed by atoms with Gasteiger partial charge >= 0.3 is 5.97 Å². The highest BCUT2D eigenvalue weighted by atomic mass is 79.9. The lowest BCUT2D eigenvalue weighted by Crippen LogP contribution is -2.12. The Bertz CT molecular complexity index is 618. The van der Waals surface area contributed by atoms with Gasteiger partial charge in [0.2, 0.25) is 11.9 Å². The summed E-state index contributed by atoms with van der Waals surface area (Å²) in [5.74, 6) is 0.0375. The first kappa shape index (κ1) is 15.5. The first-order valence-electron chi connectivity index (χ1n) is 5.83. The van der Waals surface area contributed by atoms with E-state index in [2.05, 4.69) is 30.9 Å². The van der Waals surface area contributed by atoms with Crippen LogP contribution in [-0.2, 0) is 16.1 Å². The van der Waals surface area contributed by atoms with Gasteiger partial charge in [-0.2, -0.15) is 15.0 Å². The van der Waals surface area contributed by atoms with Crippen molar-refractivity contribution in [1.29, 1.82) is 0 Å². The van der Waals surface area contributed by atoms with Gasteiger partial charge < -0.3 is 16.2 Å². The number of aromatic nitrogens is 3. The number of nitrogens with two attached hydrogens (primary N) is 2. The summed E-state index contributed by atoms with van der Waals surface area (Å²) in [5.41, 5.74) is 10.8. The van der Waals surface area contributed by atoms with E-state index in [1.165, 1.54) is 11.8 Å². The van der Waals surface area contributed by atoms with Crippen molar-refractivity contribution in [2.75, 3.05) is 17.2 Å². The molecular weight excluding hydrogens is 358 g/mol. The van der Waals surface area contributed by atoms with E-state index in [4.69, 9.17) is 16.2 Å². The number of nitrogen functional groups attached to an aromatic ring is 2. The molecule has 9 heteroatoms. The minimum absolute atomic E-state index is 0.00205. The zero-order valence-corrected chi connectivity index (χ0v) is 13.2. The van der Waals surface area contributed by atoms with Crippen molar-refractivity contribution in [1.82, 2.24) is 15.0 Å². The van der Waals surface area contributed by atoms with Crippen LogP contribution in [0.25, 0.3) is 0 Å². The Morgan fingerprint density at radius 2 is 1.76 bits per heavy atom. The van der Waals surface area contributed by atoms with Gasteiger partial charge in [0.25, 0.3) is 0 Å². The van der Waals surface area contributed by atoms with E-state index in [1.807, 2.05) is 24.3 Å². The quantitative estimate of drug-likeness (QED) is 0.603. The third-order valence-electron chi connectivity index (χ3n) is 2.25. The third kappa shape index (κ3) is 5.20. The molecule has 0 bridgehead atoms. The standard InChI is InChI=1S/C12H12BrN5O2S/c13-7-1-3-8(4-2-7)21-6-10(19)20-5-9-16-11(14)18-12(15)17-9/h1-4H,5-6H2,(H4,14,15,16,17,18). The summed E-state index contributed by atoms with van der Waals surface area (Å²) in [6, 6.07) is 7.64. The van der Waals surface area contributed by atoms with Crippen LogP contribution in [0.15, 0.2) is 33.6 Å². The molecule has 0 atom stereocenters. The van der Waals surface area contributed by atoms with Crippen LogP contribution in [0.3, 0.4) is 0 Å². The maximum absolute atomic E-state index is 11.6. The predicted molar refractivity (Wildman–Crippen MR) is 83.3 cm³/mol. The van der Waals surface area contributed by atoms with Gasteiger partial charge in [0.15, 0.2) is 12.4 Å². The first-order chi connectivity index (χ1) is 10.0. The lowest BCUT2D eigenvalue weighted by Gasteiger charge is -2.05. The Hall–Kier alpha value is -1.87. The van der Waals surface area contributed by atoms with Gasteiger partial charge in [-0.05, 0) is 24.3 Å². The van der Waals surface area contributed by atoms with Crippen molar-refractivity contribution in [3.8, 4) is 0 Å². The smallest absolute Gasteiger partial charge is 0.316 e. The minimum Gasteiger partial charge on any atom is -0.457 e. The monoisotopic (exact) mass is 369 g/mol. The van der Waals surface area contributed by atoms with Gasteiger partial charge in [0.1, 0.15) is 0 Å². The molecule has 1 aromatic carbocycles. The molecule has 1 aromatic heterocycles. The Labute approximate surface area is 133 Å². The Morgan fingerprint density at radius 3 is 2.38 bits per heavy atom. The van der Waals surface area contributed by atoms with Crippen LogP contribution in [0.1, 0.15) is 5.82 Å². The predicted octanol–water partition coefficient (Wildman–Crippen LogP) is 1.63. The van der Waals surface area contributed by atoms with E-state index in [9.17, 15) is 4.79 Å². The van der Waals surface area contributed by atoms with E-state index in [0.29, 0.717) is 0 Å². The van der Waals surface area contributed by atoms with Gasteiger partial charge in [-0.3, -0.25) is 4.79 Å². The normalized spacial score (nSPS) is 10.3. The number of carbonyl (C=O) groups excluding carboxylic acids is 1. The number of rotatable bonds is 5. The summed E-state index contributed by atoms with van der Waals surface area (Å²) in [6.45, 7) is -0.0867. The number of hydrogen-bond donors (Lipinski definition) is 2. The molecule has 21 heavy (non-hydrogen) atoms. The molecular formula is C12H12BrN5O2S. The van der Waals surface area contributed by atoms with Crippen LogP contribution >= 0.6 is 27.7 Å². The van der Waals surface area contributed by atoms with Crippen LogP contribution in [0.2, 0.25) is 0 Å². The zero-order chi connectivity index (χ0) is 15.2. The molecule has 0 aliphatic heterocycles. The highest BCUT2D eigenvalue weighted by molar-refractivity contribution is 9.10. The molecule has 0 unspecified atom stereocenters. The number of thioether (sulfide) groups is 1. The van der Waals surface area contributed by atoms with Crippen LogP contribution in [0, 0.1) is 0 Å². The number of ether oxygens (including phenoxy) is 1. The molecule has 0 saturated heterocycles. The van der Waals surface area contributed by atoms with Crippen LogP contribution < -0.4 is 11.5 Å². The number of benzene rings is 1. The Kier molecular flexibility index (Phi) is 5.34. The SMILES string of the molecule is Nc1nc(N)nc(COC(=O)CSc2ccc(Br)cc2)n1. The first-order valence-corrected chi connectivity index (χ1v) is 7.60. The van der Waals surface area contributed by atoms with E-state index in [-0.39, 0.29) is 36.1 Å². The average molecular weight is 370 g/mol. The fourth-order valence-electron chi connectivity index (χ4n) is 1.38. The molecule has 4 N–H and O–H groups in total. The van der Waals surface area contributed by atoms with Gasteiger partial charge in [-0.15, -0.1) is 11.8 Å². The third-order valence-corrected chi connectivity index (χ3v) is 3.76. The molecule has 0 amide bonds. The number of hydrogen-bond acceptors (Lipinski definition) is 8. The van der Waals surface area contributed by atoms with E-state index < -0.39 is 0 Å². The molecule has 7 nitrogen and oxygen atoms in total. The van der Waals surface area contributed by atoms with Crippen LogP contribution in [0.5, 0.6) is 0 Å². The second-order valence-electron chi connectivity index (χ2n) is 3.87. The van der Waals surface area contributed by atoms with Crippen molar-refractivity contribution in [2.45, 2.75) is 11.5 Å². The van der Waals surface area contributed by atoms with Crippen LogP contribution in [0.4, 0.5) is 11.9 Å². The lowest BCUT2D eigenvalue weighted by atomic mass is 10.4. The van der Waals surface area contributed by atoms with Crippen molar-refractivity contribution < 1.29 is 9.53 Å². The summed E-state index contributed by atoms with van der Waals surface area (Å²) in [6.07, 6.45) is 0. The topological polar surface area (TPSA) is 117 Å². The molecule has 2 rings (SSSR count). The molecule has 0 fully saturated rings.